The van der Waals surface area contributed by atoms with Gasteiger partial charge in [0.15, 0.2) is 0 Å². The van der Waals surface area contributed by atoms with Crippen LogP contribution in [0.3, 0.4) is 0 Å². The van der Waals surface area contributed by atoms with Crippen molar-refractivity contribution in [2.75, 3.05) is 6.54 Å². The van der Waals surface area contributed by atoms with Gasteiger partial charge in [-0.3, -0.25) is 0 Å². The Bertz CT molecular complexity index is 698. The van der Waals surface area contributed by atoms with Crippen LogP contribution < -0.4 is 5.32 Å². The summed E-state index contributed by atoms with van der Waals surface area (Å²) in [6.45, 7) is 13.4. The quantitative estimate of drug-likeness (QED) is 0.328. The molecule has 4 aliphatic rings. The minimum Gasteiger partial charge on any atom is -0.303 e. The Morgan fingerprint density at radius 2 is 1.87 bits per heavy atom. The van der Waals surface area contributed by atoms with Crippen LogP contribution in [0.25, 0.3) is 0 Å². The second-order valence-corrected chi connectivity index (χ2v) is 12.8. The molecule has 0 heterocycles. The number of hydrogen-bond acceptors (Lipinski definition) is 1. The number of rotatable bonds is 7. The van der Waals surface area contributed by atoms with Crippen molar-refractivity contribution in [1.82, 2.24) is 5.32 Å². The number of fused-ring (bicyclic) bond motifs is 5. The molecule has 3 fully saturated rings. The predicted molar refractivity (Wildman–Crippen MR) is 134 cm³/mol. The largest absolute Gasteiger partial charge is 0.303 e. The topological polar surface area (TPSA) is 12.0 Å². The summed E-state index contributed by atoms with van der Waals surface area (Å²) in [5.74, 6) is 8.34. The van der Waals surface area contributed by atoms with Gasteiger partial charge in [0.25, 0.3) is 0 Å². The van der Waals surface area contributed by atoms with Crippen LogP contribution >= 0.6 is 0 Å². The van der Waals surface area contributed by atoms with Crippen LogP contribution in [0.4, 0.5) is 0 Å². The molecule has 0 saturated heterocycles. The lowest BCUT2D eigenvalue weighted by Crippen LogP contribution is -2.51. The van der Waals surface area contributed by atoms with E-state index in [9.17, 15) is 0 Å². The lowest BCUT2D eigenvalue weighted by atomic mass is 9.47. The highest BCUT2D eigenvalue weighted by Crippen LogP contribution is 2.67. The second kappa shape index (κ2) is 9.25. The Hall–Kier alpha value is -0.740. The van der Waals surface area contributed by atoms with Gasteiger partial charge in [-0.2, -0.15) is 0 Å². The predicted octanol–water partition coefficient (Wildman–Crippen LogP) is 7.62. The zero-order valence-electron chi connectivity index (χ0n) is 21.2. The van der Waals surface area contributed by atoms with Crippen LogP contribution in [-0.4, -0.2) is 12.6 Å². The molecule has 0 aromatic rings. The summed E-state index contributed by atoms with van der Waals surface area (Å²) < 4.78 is 0. The Balaban J connectivity index is 1.46. The van der Waals surface area contributed by atoms with E-state index in [2.05, 4.69) is 51.9 Å². The Morgan fingerprint density at radius 3 is 2.61 bits per heavy atom. The lowest BCUT2D eigenvalue weighted by Gasteiger charge is -2.58. The van der Waals surface area contributed by atoms with Crippen LogP contribution in [0, 0.1) is 58.7 Å². The van der Waals surface area contributed by atoms with Gasteiger partial charge in [-0.15, -0.1) is 6.42 Å². The molecule has 1 nitrogen and oxygen atoms in total. The highest BCUT2D eigenvalue weighted by molar-refractivity contribution is 5.26. The molecular weight excluding hydrogens is 374 g/mol. The number of terminal acetylenes is 1. The number of nitrogens with one attached hydrogen (secondary N) is 1. The van der Waals surface area contributed by atoms with Gasteiger partial charge in [0.2, 0.25) is 0 Å². The van der Waals surface area contributed by atoms with E-state index in [0.717, 1.165) is 42.1 Å². The zero-order valence-corrected chi connectivity index (χ0v) is 21.2. The molecule has 0 aromatic carbocycles. The Labute approximate surface area is 193 Å². The van der Waals surface area contributed by atoms with Gasteiger partial charge in [-0.05, 0) is 97.7 Å². The van der Waals surface area contributed by atoms with E-state index < -0.39 is 0 Å². The maximum Gasteiger partial charge on any atom is 0.0576 e. The first-order chi connectivity index (χ1) is 14.8. The van der Waals surface area contributed by atoms with Crippen LogP contribution in [0.5, 0.6) is 0 Å². The standard InChI is InChI=1S/C30H49N/c1-7-19-31-24-15-17-29(5)23(20-24)11-12-25-27-14-13-26(22(4)10-8-9-21(2)3)30(27,6)18-16-28(25)29/h1,11,21-22,24-28,31H,8-10,12-20H2,2-6H3/t22-,24+,25+,26?,27?,28?,29+,30-/m1/s1. The van der Waals surface area contributed by atoms with E-state index in [0.29, 0.717) is 16.9 Å². The molecule has 4 rings (SSSR count). The Kier molecular flexibility index (Phi) is 6.99. The molecule has 3 unspecified atom stereocenters. The van der Waals surface area contributed by atoms with Gasteiger partial charge >= 0.3 is 0 Å². The van der Waals surface area contributed by atoms with Crippen LogP contribution in [-0.2, 0) is 0 Å². The average molecular weight is 424 g/mol. The van der Waals surface area contributed by atoms with Gasteiger partial charge in [-0.25, -0.2) is 0 Å². The highest BCUT2D eigenvalue weighted by atomic mass is 14.9. The molecule has 8 atom stereocenters. The number of allylic oxidation sites excluding steroid dienone is 1. The summed E-state index contributed by atoms with van der Waals surface area (Å²) in [6.07, 6.45) is 23.7. The SMILES string of the molecule is C#CCN[C@H]1CC[C@@]2(C)C(=CC[C@H]3C4CCC([C@H](C)CCCC(C)C)[C@@]4(C)CCC32)C1. The first-order valence-corrected chi connectivity index (χ1v) is 13.7. The molecule has 174 valence electrons. The lowest BCUT2D eigenvalue weighted by molar-refractivity contribution is -0.0514. The highest BCUT2D eigenvalue weighted by Gasteiger charge is 2.59. The maximum atomic E-state index is 5.50. The van der Waals surface area contributed by atoms with E-state index in [4.69, 9.17) is 6.42 Å². The second-order valence-electron chi connectivity index (χ2n) is 12.8. The molecule has 0 bridgehead atoms. The third-order valence-electron chi connectivity index (χ3n) is 10.8. The number of hydrogen-bond donors (Lipinski definition) is 1. The fraction of sp³-hybridized carbons (Fsp3) is 0.867. The van der Waals surface area contributed by atoms with Crippen LogP contribution in [0.2, 0.25) is 0 Å². The van der Waals surface area contributed by atoms with E-state index in [-0.39, 0.29) is 0 Å². The summed E-state index contributed by atoms with van der Waals surface area (Å²) in [5, 5.41) is 3.60. The fourth-order valence-electron chi connectivity index (χ4n) is 9.06. The summed E-state index contributed by atoms with van der Waals surface area (Å²) >= 11 is 0. The van der Waals surface area contributed by atoms with E-state index >= 15 is 0 Å². The maximum absolute atomic E-state index is 5.50. The van der Waals surface area contributed by atoms with Crippen molar-refractivity contribution in [3.63, 3.8) is 0 Å². The molecule has 31 heavy (non-hydrogen) atoms. The molecule has 1 N–H and O–H groups in total. The summed E-state index contributed by atoms with van der Waals surface area (Å²) in [5.41, 5.74) is 2.83. The molecule has 4 aliphatic carbocycles. The van der Waals surface area contributed by atoms with Crippen molar-refractivity contribution in [3.8, 4) is 12.3 Å². The first kappa shape index (κ1) is 23.4. The third-order valence-corrected chi connectivity index (χ3v) is 10.8. The van der Waals surface area contributed by atoms with Gasteiger partial charge in [0, 0.05) is 6.04 Å². The van der Waals surface area contributed by atoms with Gasteiger partial charge < -0.3 is 5.32 Å². The van der Waals surface area contributed by atoms with Crippen molar-refractivity contribution in [3.05, 3.63) is 11.6 Å². The third kappa shape index (κ3) is 4.28. The minimum atomic E-state index is 0.458. The van der Waals surface area contributed by atoms with E-state index in [1.165, 1.54) is 70.6 Å². The molecule has 0 aromatic heterocycles. The zero-order chi connectivity index (χ0) is 22.2. The van der Waals surface area contributed by atoms with Crippen molar-refractivity contribution in [2.45, 2.75) is 111 Å². The fourth-order valence-corrected chi connectivity index (χ4v) is 9.06. The molecule has 0 radical (unpaired) electrons. The van der Waals surface area contributed by atoms with Gasteiger partial charge in [-0.1, -0.05) is 71.5 Å². The van der Waals surface area contributed by atoms with Crippen molar-refractivity contribution in [2.24, 2.45) is 46.3 Å². The Morgan fingerprint density at radius 1 is 1.06 bits per heavy atom. The molecule has 0 amide bonds. The molecule has 3 saturated carbocycles. The minimum absolute atomic E-state index is 0.458. The van der Waals surface area contributed by atoms with Crippen molar-refractivity contribution in [1.29, 1.82) is 0 Å². The summed E-state index contributed by atoms with van der Waals surface area (Å²) in [4.78, 5) is 0. The average Bonchev–Trinajstić information content (AvgIpc) is 3.09. The van der Waals surface area contributed by atoms with E-state index in [1.807, 2.05) is 0 Å². The monoisotopic (exact) mass is 423 g/mol. The van der Waals surface area contributed by atoms with Crippen LogP contribution in [0.1, 0.15) is 105 Å². The van der Waals surface area contributed by atoms with Crippen molar-refractivity contribution >= 4 is 0 Å². The van der Waals surface area contributed by atoms with Crippen molar-refractivity contribution < 1.29 is 0 Å². The van der Waals surface area contributed by atoms with Gasteiger partial charge in [0.05, 0.1) is 6.54 Å². The summed E-state index contributed by atoms with van der Waals surface area (Å²) in [6, 6.07) is 0.600. The molecule has 0 spiro atoms. The normalized spacial score (nSPS) is 42.9. The van der Waals surface area contributed by atoms with Crippen LogP contribution in [0.15, 0.2) is 11.6 Å². The first-order valence-electron chi connectivity index (χ1n) is 13.7. The van der Waals surface area contributed by atoms with Gasteiger partial charge in [0.1, 0.15) is 0 Å². The molecule has 0 aliphatic heterocycles. The van der Waals surface area contributed by atoms with E-state index in [1.54, 1.807) is 5.57 Å². The smallest absolute Gasteiger partial charge is 0.0576 e. The molecule has 1 heteroatoms. The summed E-state index contributed by atoms with van der Waals surface area (Å²) in [7, 11) is 0. The molecular formula is C30H49N.